The van der Waals surface area contributed by atoms with E-state index in [0.717, 1.165) is 6.54 Å². The van der Waals surface area contributed by atoms with Crippen LogP contribution in [0.1, 0.15) is 23.2 Å². The van der Waals surface area contributed by atoms with E-state index in [0.29, 0.717) is 18.9 Å². The number of rotatable bonds is 4. The van der Waals surface area contributed by atoms with Gasteiger partial charge in [0.1, 0.15) is 5.76 Å². The number of likely N-dealkylation sites (N-methyl/N-ethyl adjacent to an activating group) is 1. The van der Waals surface area contributed by atoms with E-state index < -0.39 is 0 Å². The second-order valence-corrected chi connectivity index (χ2v) is 5.06. The predicted molar refractivity (Wildman–Crippen MR) is 73.9 cm³/mol. The average Bonchev–Trinajstić information content (AvgIpc) is 2.68. The molecular weight excluding hydrogens is 260 g/mol. The van der Waals surface area contributed by atoms with E-state index in [2.05, 4.69) is 10.2 Å². The van der Waals surface area contributed by atoms with Gasteiger partial charge in [0.15, 0.2) is 11.2 Å². The lowest BCUT2D eigenvalue weighted by molar-refractivity contribution is 0.0506. The van der Waals surface area contributed by atoms with Crippen molar-refractivity contribution in [3.05, 3.63) is 33.9 Å². The van der Waals surface area contributed by atoms with Gasteiger partial charge < -0.3 is 19.4 Å². The summed E-state index contributed by atoms with van der Waals surface area (Å²) in [6, 6.07) is 2.46. The number of hydrogen-bond donors (Lipinski definition) is 1. The summed E-state index contributed by atoms with van der Waals surface area (Å²) in [4.78, 5) is 25.6. The van der Waals surface area contributed by atoms with Crippen LogP contribution in [-0.2, 0) is 4.74 Å². The Labute approximate surface area is 117 Å². The molecule has 0 bridgehead atoms. The zero-order valence-corrected chi connectivity index (χ0v) is 12.0. The minimum Gasteiger partial charge on any atom is -0.456 e. The predicted octanol–water partition coefficient (Wildman–Crippen LogP) is 0.397. The van der Waals surface area contributed by atoms with E-state index >= 15 is 0 Å². The van der Waals surface area contributed by atoms with Crippen LogP contribution in [0.15, 0.2) is 21.3 Å². The molecule has 6 heteroatoms. The molecule has 6 nitrogen and oxygen atoms in total. The number of nitrogens with one attached hydrogen (secondary N) is 1. The average molecular weight is 280 g/mol. The van der Waals surface area contributed by atoms with Crippen molar-refractivity contribution in [1.82, 2.24) is 10.2 Å². The van der Waals surface area contributed by atoms with Gasteiger partial charge in [0.25, 0.3) is 5.91 Å². The quantitative estimate of drug-likeness (QED) is 0.864. The third kappa shape index (κ3) is 3.46. The van der Waals surface area contributed by atoms with Crippen LogP contribution in [0.4, 0.5) is 0 Å². The highest BCUT2D eigenvalue weighted by Crippen LogP contribution is 2.12. The Bertz CT molecular complexity index is 540. The molecule has 0 saturated carbocycles. The summed E-state index contributed by atoms with van der Waals surface area (Å²) in [7, 11) is 1.98. The van der Waals surface area contributed by atoms with Gasteiger partial charge in [0.2, 0.25) is 0 Å². The van der Waals surface area contributed by atoms with Gasteiger partial charge in [0.05, 0.1) is 12.1 Å². The molecule has 2 heterocycles. The van der Waals surface area contributed by atoms with Crippen molar-refractivity contribution in [1.29, 1.82) is 0 Å². The van der Waals surface area contributed by atoms with Gasteiger partial charge in [-0.1, -0.05) is 0 Å². The molecule has 1 amide bonds. The summed E-state index contributed by atoms with van der Waals surface area (Å²) in [5.74, 6) is 0.0863. The Morgan fingerprint density at radius 1 is 1.50 bits per heavy atom. The van der Waals surface area contributed by atoms with Gasteiger partial charge >= 0.3 is 0 Å². The largest absolute Gasteiger partial charge is 0.456 e. The van der Waals surface area contributed by atoms with E-state index in [-0.39, 0.29) is 29.2 Å². The number of aryl methyl sites for hydroxylation is 1. The fourth-order valence-corrected chi connectivity index (χ4v) is 2.44. The van der Waals surface area contributed by atoms with Crippen LogP contribution >= 0.6 is 0 Å². The molecule has 0 aliphatic carbocycles. The zero-order chi connectivity index (χ0) is 14.7. The third-order valence-corrected chi connectivity index (χ3v) is 3.26. The number of carbonyl (C=O) groups is 1. The van der Waals surface area contributed by atoms with Crippen molar-refractivity contribution in [2.45, 2.75) is 26.0 Å². The number of hydrogen-bond acceptors (Lipinski definition) is 5. The van der Waals surface area contributed by atoms with Crippen molar-refractivity contribution < 1.29 is 13.9 Å². The fraction of sp³-hybridized carbons (Fsp3) is 0.571. The van der Waals surface area contributed by atoms with Crippen molar-refractivity contribution >= 4 is 5.91 Å². The monoisotopic (exact) mass is 280 g/mol. The van der Waals surface area contributed by atoms with Gasteiger partial charge in [-0.25, -0.2) is 0 Å². The van der Waals surface area contributed by atoms with Crippen LogP contribution in [0.3, 0.4) is 0 Å². The Kier molecular flexibility index (Phi) is 4.57. The number of likely N-dealkylation sites (tertiary alicyclic amines) is 1. The van der Waals surface area contributed by atoms with Crippen molar-refractivity contribution in [3.8, 4) is 0 Å². The summed E-state index contributed by atoms with van der Waals surface area (Å²) in [5, 5.41) is 2.88. The molecule has 1 aromatic heterocycles. The van der Waals surface area contributed by atoms with Crippen molar-refractivity contribution in [2.75, 3.05) is 26.7 Å². The minimum atomic E-state index is -0.379. The summed E-state index contributed by atoms with van der Waals surface area (Å²) in [6.45, 7) is 5.66. The molecule has 1 aliphatic rings. The number of amides is 1. The van der Waals surface area contributed by atoms with Gasteiger partial charge in [-0.05, 0) is 20.9 Å². The Morgan fingerprint density at radius 3 is 2.90 bits per heavy atom. The highest BCUT2D eigenvalue weighted by molar-refractivity contribution is 5.91. The lowest BCUT2D eigenvalue weighted by Gasteiger charge is -2.19. The smallest absolute Gasteiger partial charge is 0.287 e. The van der Waals surface area contributed by atoms with E-state index in [1.165, 1.54) is 12.1 Å². The van der Waals surface area contributed by atoms with Crippen LogP contribution in [0.2, 0.25) is 0 Å². The molecule has 1 aliphatic heterocycles. The summed E-state index contributed by atoms with van der Waals surface area (Å²) in [5.41, 5.74) is -0.233. The summed E-state index contributed by atoms with van der Waals surface area (Å²) >= 11 is 0. The Balaban J connectivity index is 2.08. The lowest BCUT2D eigenvalue weighted by atomic mass is 10.2. The zero-order valence-electron chi connectivity index (χ0n) is 12.0. The second kappa shape index (κ2) is 6.19. The molecular formula is C14H20N2O4. The topological polar surface area (TPSA) is 71.8 Å². The first-order chi connectivity index (χ1) is 9.49. The second-order valence-electron chi connectivity index (χ2n) is 5.06. The molecule has 1 N–H and O–H groups in total. The summed E-state index contributed by atoms with van der Waals surface area (Å²) < 4.78 is 10.9. The summed E-state index contributed by atoms with van der Waals surface area (Å²) in [6.07, 6.45) is -0.0366. The standard InChI is InChI=1S/C14H20N2O4/c1-4-19-13-8-16(3)7-11(13)15-14(18)12-6-10(17)5-9(2)20-12/h5-6,11,13H,4,7-8H2,1-3H3,(H,15,18)/t11-,13-/m1/s1. The first kappa shape index (κ1) is 14.7. The first-order valence-electron chi connectivity index (χ1n) is 6.72. The van der Waals surface area contributed by atoms with Gasteiger partial charge in [0, 0.05) is 31.8 Å². The van der Waals surface area contributed by atoms with Crippen molar-refractivity contribution in [2.24, 2.45) is 0 Å². The molecule has 1 saturated heterocycles. The highest BCUT2D eigenvalue weighted by Gasteiger charge is 2.33. The van der Waals surface area contributed by atoms with Crippen LogP contribution < -0.4 is 10.7 Å². The van der Waals surface area contributed by atoms with Crippen molar-refractivity contribution in [3.63, 3.8) is 0 Å². The maximum absolute atomic E-state index is 12.1. The Morgan fingerprint density at radius 2 is 2.25 bits per heavy atom. The van der Waals surface area contributed by atoms with Gasteiger partial charge in [-0.15, -0.1) is 0 Å². The first-order valence-corrected chi connectivity index (χ1v) is 6.72. The van der Waals surface area contributed by atoms with Crippen LogP contribution in [0.25, 0.3) is 0 Å². The maximum Gasteiger partial charge on any atom is 0.287 e. The number of ether oxygens (including phenoxy) is 1. The fourth-order valence-electron chi connectivity index (χ4n) is 2.44. The molecule has 0 aromatic carbocycles. The SMILES string of the molecule is CCO[C@@H]1CN(C)C[C@H]1NC(=O)c1cc(=O)cc(C)o1. The normalized spacial score (nSPS) is 22.9. The number of nitrogens with zero attached hydrogens (tertiary/aromatic N) is 1. The number of carbonyl (C=O) groups excluding carboxylic acids is 1. The lowest BCUT2D eigenvalue weighted by Crippen LogP contribution is -2.44. The van der Waals surface area contributed by atoms with Crippen LogP contribution in [0.5, 0.6) is 0 Å². The third-order valence-electron chi connectivity index (χ3n) is 3.26. The molecule has 1 fully saturated rings. The van der Waals surface area contributed by atoms with Gasteiger partial charge in [-0.2, -0.15) is 0 Å². The Hall–Kier alpha value is -1.66. The van der Waals surface area contributed by atoms with E-state index in [1.807, 2.05) is 14.0 Å². The maximum atomic E-state index is 12.1. The molecule has 110 valence electrons. The molecule has 2 atom stereocenters. The molecule has 20 heavy (non-hydrogen) atoms. The van der Waals surface area contributed by atoms with E-state index in [4.69, 9.17) is 9.15 Å². The van der Waals surface area contributed by atoms with E-state index in [9.17, 15) is 9.59 Å². The molecule has 1 aromatic rings. The van der Waals surface area contributed by atoms with Crippen LogP contribution in [-0.4, -0.2) is 49.7 Å². The van der Waals surface area contributed by atoms with Crippen LogP contribution in [0, 0.1) is 6.92 Å². The minimum absolute atomic E-state index is 0.0366. The molecule has 0 spiro atoms. The van der Waals surface area contributed by atoms with E-state index in [1.54, 1.807) is 6.92 Å². The highest BCUT2D eigenvalue weighted by atomic mass is 16.5. The molecule has 0 radical (unpaired) electrons. The van der Waals surface area contributed by atoms with Gasteiger partial charge in [-0.3, -0.25) is 9.59 Å². The molecule has 2 rings (SSSR count). The molecule has 0 unspecified atom stereocenters.